The molecule has 1 fully saturated rings. The number of hydrogen-bond acceptors (Lipinski definition) is 4. The van der Waals surface area contributed by atoms with Crippen LogP contribution in [0.2, 0.25) is 5.15 Å². The normalized spacial score (nSPS) is 22.9. The molecule has 2 atom stereocenters. The lowest BCUT2D eigenvalue weighted by Gasteiger charge is -2.37. The third-order valence-electron chi connectivity index (χ3n) is 3.50. The van der Waals surface area contributed by atoms with E-state index in [1.165, 1.54) is 4.90 Å². The maximum absolute atomic E-state index is 11.4. The van der Waals surface area contributed by atoms with Gasteiger partial charge in [-0.05, 0) is 24.0 Å². The van der Waals surface area contributed by atoms with Gasteiger partial charge in [0.2, 0.25) is 0 Å². The third-order valence-corrected chi connectivity index (χ3v) is 3.70. The number of nitrogens with zero attached hydrogens (tertiary/aromatic N) is 3. The molecule has 20 heavy (non-hydrogen) atoms. The molecule has 1 saturated heterocycles. The topological polar surface area (TPSA) is 78.4 Å². The Morgan fingerprint density at radius 3 is 2.65 bits per heavy atom. The fourth-order valence-electron chi connectivity index (χ4n) is 2.81. The predicted molar refractivity (Wildman–Crippen MR) is 77.0 cm³/mol. The van der Waals surface area contributed by atoms with Gasteiger partial charge in [-0.1, -0.05) is 32.4 Å². The van der Waals surface area contributed by atoms with Crippen molar-refractivity contribution in [3.63, 3.8) is 0 Å². The van der Waals surface area contributed by atoms with Crippen molar-refractivity contribution in [3.8, 4) is 0 Å². The van der Waals surface area contributed by atoms with Crippen molar-refractivity contribution in [3.05, 3.63) is 17.3 Å². The van der Waals surface area contributed by atoms with Gasteiger partial charge in [0, 0.05) is 6.54 Å². The van der Waals surface area contributed by atoms with Gasteiger partial charge in [0.05, 0.1) is 12.1 Å². The number of hydrogen-bond donors (Lipinski definition) is 2. The zero-order valence-electron chi connectivity index (χ0n) is 11.8. The van der Waals surface area contributed by atoms with Gasteiger partial charge in [-0.25, -0.2) is 4.79 Å². The van der Waals surface area contributed by atoms with E-state index in [9.17, 15) is 9.90 Å². The highest BCUT2D eigenvalue weighted by atomic mass is 35.5. The summed E-state index contributed by atoms with van der Waals surface area (Å²) in [4.78, 5) is 12.9. The summed E-state index contributed by atoms with van der Waals surface area (Å²) in [7, 11) is 0. The van der Waals surface area contributed by atoms with Crippen molar-refractivity contribution in [1.29, 1.82) is 0 Å². The first-order chi connectivity index (χ1) is 9.29. The van der Waals surface area contributed by atoms with E-state index in [2.05, 4.69) is 15.5 Å². The van der Waals surface area contributed by atoms with Crippen molar-refractivity contribution < 1.29 is 9.90 Å². The summed E-state index contributed by atoms with van der Waals surface area (Å²) in [6.07, 6.45) is -0.130. The summed E-state index contributed by atoms with van der Waals surface area (Å²) in [6.45, 7) is 6.65. The van der Waals surface area contributed by atoms with Gasteiger partial charge in [0.25, 0.3) is 0 Å². The Morgan fingerprint density at radius 1 is 1.45 bits per heavy atom. The summed E-state index contributed by atoms with van der Waals surface area (Å²) in [5, 5.41) is 20.7. The number of carbonyl (C=O) groups is 1. The van der Waals surface area contributed by atoms with Gasteiger partial charge < -0.3 is 15.3 Å². The first kappa shape index (κ1) is 14.8. The maximum atomic E-state index is 11.4. The molecular formula is C13H19ClN4O2. The Hall–Kier alpha value is -1.56. The first-order valence-electron chi connectivity index (χ1n) is 6.54. The Kier molecular flexibility index (Phi) is 4.04. The number of anilines is 1. The molecule has 1 aromatic rings. The van der Waals surface area contributed by atoms with Gasteiger partial charge in [0.1, 0.15) is 5.82 Å². The van der Waals surface area contributed by atoms with E-state index < -0.39 is 6.09 Å². The number of carboxylic acid groups (broad SMARTS) is 1. The number of halogens is 1. The SMILES string of the molecule is CC(C)(C)C1[C@H](Nc2ccc(Cl)nn2)CCN1C(=O)O. The van der Waals surface area contributed by atoms with Gasteiger partial charge in [-0.3, -0.25) is 0 Å². The van der Waals surface area contributed by atoms with E-state index in [1.54, 1.807) is 12.1 Å². The highest BCUT2D eigenvalue weighted by molar-refractivity contribution is 6.29. The van der Waals surface area contributed by atoms with Crippen LogP contribution in [-0.4, -0.2) is 44.9 Å². The monoisotopic (exact) mass is 298 g/mol. The molecule has 1 amide bonds. The van der Waals surface area contributed by atoms with Crippen LogP contribution in [0, 0.1) is 5.41 Å². The van der Waals surface area contributed by atoms with Crippen molar-refractivity contribution >= 4 is 23.5 Å². The van der Waals surface area contributed by atoms with E-state index >= 15 is 0 Å². The van der Waals surface area contributed by atoms with Crippen molar-refractivity contribution in [2.45, 2.75) is 39.3 Å². The number of aromatic nitrogens is 2. The van der Waals surface area contributed by atoms with E-state index in [0.29, 0.717) is 17.5 Å². The van der Waals surface area contributed by atoms with Crippen LogP contribution in [0.4, 0.5) is 10.6 Å². The molecule has 1 aliphatic heterocycles. The quantitative estimate of drug-likeness (QED) is 0.877. The zero-order valence-corrected chi connectivity index (χ0v) is 12.6. The Morgan fingerprint density at radius 2 is 2.15 bits per heavy atom. The van der Waals surface area contributed by atoms with Crippen LogP contribution in [0.3, 0.4) is 0 Å². The molecule has 2 N–H and O–H groups in total. The fraction of sp³-hybridized carbons (Fsp3) is 0.615. The van der Waals surface area contributed by atoms with Crippen molar-refractivity contribution in [1.82, 2.24) is 15.1 Å². The molecule has 0 saturated carbocycles. The number of likely N-dealkylation sites (tertiary alicyclic amines) is 1. The van der Waals surface area contributed by atoms with Crippen LogP contribution in [0.15, 0.2) is 12.1 Å². The lowest BCUT2D eigenvalue weighted by Crippen LogP contribution is -2.49. The summed E-state index contributed by atoms with van der Waals surface area (Å²) in [5.74, 6) is 0.612. The second-order valence-electron chi connectivity index (χ2n) is 6.07. The van der Waals surface area contributed by atoms with Crippen LogP contribution in [-0.2, 0) is 0 Å². The molecular weight excluding hydrogens is 280 g/mol. The molecule has 0 bridgehead atoms. The van der Waals surface area contributed by atoms with Crippen LogP contribution in [0.1, 0.15) is 27.2 Å². The summed E-state index contributed by atoms with van der Waals surface area (Å²) >= 11 is 5.71. The number of nitrogens with one attached hydrogen (secondary N) is 1. The molecule has 7 heteroatoms. The molecule has 1 aliphatic rings. The number of rotatable bonds is 2. The van der Waals surface area contributed by atoms with Crippen LogP contribution >= 0.6 is 11.6 Å². The van der Waals surface area contributed by atoms with Gasteiger partial charge in [-0.15, -0.1) is 10.2 Å². The van der Waals surface area contributed by atoms with Gasteiger partial charge >= 0.3 is 6.09 Å². The highest BCUT2D eigenvalue weighted by Gasteiger charge is 2.44. The molecule has 0 aromatic carbocycles. The minimum Gasteiger partial charge on any atom is -0.465 e. The average Bonchev–Trinajstić information content (AvgIpc) is 2.76. The Labute approximate surface area is 123 Å². The second-order valence-corrected chi connectivity index (χ2v) is 6.45. The molecule has 2 rings (SSSR count). The molecule has 6 nitrogen and oxygen atoms in total. The molecule has 1 unspecified atom stereocenters. The van der Waals surface area contributed by atoms with Gasteiger partial charge in [0.15, 0.2) is 5.15 Å². The van der Waals surface area contributed by atoms with E-state index in [-0.39, 0.29) is 17.5 Å². The summed E-state index contributed by atoms with van der Waals surface area (Å²) < 4.78 is 0. The van der Waals surface area contributed by atoms with Crippen molar-refractivity contribution in [2.75, 3.05) is 11.9 Å². The van der Waals surface area contributed by atoms with E-state index in [4.69, 9.17) is 11.6 Å². The maximum Gasteiger partial charge on any atom is 0.407 e. The van der Waals surface area contributed by atoms with E-state index in [0.717, 1.165) is 6.42 Å². The molecule has 2 heterocycles. The summed E-state index contributed by atoms with van der Waals surface area (Å²) in [6, 6.07) is 3.31. The lowest BCUT2D eigenvalue weighted by atomic mass is 9.82. The van der Waals surface area contributed by atoms with E-state index in [1.807, 2.05) is 20.8 Å². The smallest absolute Gasteiger partial charge is 0.407 e. The molecule has 0 aliphatic carbocycles. The minimum absolute atomic E-state index is 0.0153. The van der Waals surface area contributed by atoms with Crippen LogP contribution in [0.25, 0.3) is 0 Å². The Bertz CT molecular complexity index is 486. The molecule has 1 aromatic heterocycles. The molecule has 0 radical (unpaired) electrons. The minimum atomic E-state index is -0.878. The molecule has 0 spiro atoms. The zero-order chi connectivity index (χ0) is 14.9. The van der Waals surface area contributed by atoms with Gasteiger partial charge in [-0.2, -0.15) is 0 Å². The number of amides is 1. The molecule has 110 valence electrons. The lowest BCUT2D eigenvalue weighted by molar-refractivity contribution is 0.103. The first-order valence-corrected chi connectivity index (χ1v) is 6.92. The second kappa shape index (κ2) is 5.44. The van der Waals surface area contributed by atoms with Crippen LogP contribution < -0.4 is 5.32 Å². The van der Waals surface area contributed by atoms with Crippen molar-refractivity contribution in [2.24, 2.45) is 5.41 Å². The average molecular weight is 299 g/mol. The highest BCUT2D eigenvalue weighted by Crippen LogP contribution is 2.34. The Balaban J connectivity index is 2.18. The standard InChI is InChI=1S/C13H19ClN4O2/c1-13(2,3)11-8(6-7-18(11)12(19)20)15-10-5-4-9(14)16-17-10/h4-5,8,11H,6-7H2,1-3H3,(H,15,17)(H,19,20)/t8-,11?/m1/s1. The van der Waals surface area contributed by atoms with Crippen LogP contribution in [0.5, 0.6) is 0 Å². The largest absolute Gasteiger partial charge is 0.465 e. The summed E-state index contributed by atoms with van der Waals surface area (Å²) in [5.41, 5.74) is -0.160. The third kappa shape index (κ3) is 3.12. The fourth-order valence-corrected chi connectivity index (χ4v) is 2.91. The predicted octanol–water partition coefficient (Wildman–Crippen LogP) is 2.71.